The van der Waals surface area contributed by atoms with Gasteiger partial charge in [0.05, 0.1) is 5.03 Å². The van der Waals surface area contributed by atoms with Crippen LogP contribution in [0.15, 0.2) is 34.3 Å². The van der Waals surface area contributed by atoms with Crippen LogP contribution in [-0.4, -0.2) is 64.9 Å². The van der Waals surface area contributed by atoms with Crippen molar-refractivity contribution in [3.63, 3.8) is 0 Å². The highest BCUT2D eigenvalue weighted by Gasteiger charge is 2.36. The second kappa shape index (κ2) is 8.42. The lowest BCUT2D eigenvalue weighted by molar-refractivity contribution is -0.132. The Kier molecular flexibility index (Phi) is 6.31. The first kappa shape index (κ1) is 21.7. The summed E-state index contributed by atoms with van der Waals surface area (Å²) < 4.78 is 5.42. The van der Waals surface area contributed by atoms with E-state index in [1.165, 1.54) is 4.90 Å². The van der Waals surface area contributed by atoms with Crippen molar-refractivity contribution < 1.29 is 19.4 Å². The zero-order valence-electron chi connectivity index (χ0n) is 16.7. The van der Waals surface area contributed by atoms with Crippen LogP contribution < -0.4 is 4.90 Å². The van der Waals surface area contributed by atoms with Crippen LogP contribution in [-0.2, 0) is 16.1 Å². The van der Waals surface area contributed by atoms with Crippen LogP contribution >= 0.6 is 23.2 Å². The van der Waals surface area contributed by atoms with Gasteiger partial charge >= 0.3 is 6.09 Å². The summed E-state index contributed by atoms with van der Waals surface area (Å²) in [6.07, 6.45) is -1.50. The molecule has 2 amide bonds. The molecule has 1 aromatic carbocycles. The highest BCUT2D eigenvalue weighted by atomic mass is 35.5. The molecule has 0 aromatic heterocycles. The minimum atomic E-state index is -1.21. The Hall–Kier alpha value is -1.96. The lowest BCUT2D eigenvalue weighted by atomic mass is 10.1. The Morgan fingerprint density at radius 2 is 1.72 bits per heavy atom. The van der Waals surface area contributed by atoms with E-state index in [2.05, 4.69) is 4.90 Å². The monoisotopic (exact) mass is 441 g/mol. The van der Waals surface area contributed by atoms with Gasteiger partial charge in [0.2, 0.25) is 0 Å². The van der Waals surface area contributed by atoms with Gasteiger partial charge in [-0.1, -0.05) is 35.3 Å². The van der Waals surface area contributed by atoms with E-state index in [0.717, 1.165) is 11.3 Å². The molecule has 1 atom stereocenters. The Morgan fingerprint density at radius 3 is 2.21 bits per heavy atom. The molecule has 0 bridgehead atoms. The Bertz CT molecular complexity index is 812. The SMILES string of the molecule is CC(C)(C)OC(=O)N1CCN(c2ccc(CN3C(=O)C(Cl)=C(Cl)C3O)cc2)CC1. The molecule has 0 spiro atoms. The van der Waals surface area contributed by atoms with Crippen molar-refractivity contribution in [3.05, 3.63) is 39.9 Å². The molecule has 3 rings (SSSR count). The maximum atomic E-state index is 12.2. The second-order valence-corrected chi connectivity index (χ2v) is 8.87. The summed E-state index contributed by atoms with van der Waals surface area (Å²) >= 11 is 11.7. The smallest absolute Gasteiger partial charge is 0.410 e. The van der Waals surface area contributed by atoms with Crippen LogP contribution in [0.3, 0.4) is 0 Å². The zero-order chi connectivity index (χ0) is 21.3. The summed E-state index contributed by atoms with van der Waals surface area (Å²) in [6, 6.07) is 7.72. The number of amides is 2. The van der Waals surface area contributed by atoms with Crippen LogP contribution in [0.4, 0.5) is 10.5 Å². The largest absolute Gasteiger partial charge is 0.444 e. The maximum absolute atomic E-state index is 12.2. The highest BCUT2D eigenvalue weighted by molar-refractivity contribution is 6.49. The summed E-state index contributed by atoms with van der Waals surface area (Å²) in [5.41, 5.74) is 1.38. The fourth-order valence-corrected chi connectivity index (χ4v) is 3.64. The number of carbonyl (C=O) groups excluding carboxylic acids is 2. The molecule has 29 heavy (non-hydrogen) atoms. The van der Waals surface area contributed by atoms with E-state index >= 15 is 0 Å². The molecule has 2 aliphatic rings. The fraction of sp³-hybridized carbons (Fsp3) is 0.500. The van der Waals surface area contributed by atoms with Crippen LogP contribution in [0.1, 0.15) is 26.3 Å². The third-order valence-corrected chi connectivity index (χ3v) is 5.61. The average molecular weight is 442 g/mol. The van der Waals surface area contributed by atoms with E-state index < -0.39 is 17.7 Å². The summed E-state index contributed by atoms with van der Waals surface area (Å²) in [7, 11) is 0. The lowest BCUT2D eigenvalue weighted by Crippen LogP contribution is -2.50. The van der Waals surface area contributed by atoms with Gasteiger partial charge in [0.1, 0.15) is 10.6 Å². The van der Waals surface area contributed by atoms with Crippen LogP contribution in [0.25, 0.3) is 0 Å². The molecule has 0 radical (unpaired) electrons. The summed E-state index contributed by atoms with van der Waals surface area (Å²) in [4.78, 5) is 29.4. The molecule has 0 saturated carbocycles. The number of halogens is 2. The Labute approximate surface area is 180 Å². The molecule has 2 heterocycles. The second-order valence-electron chi connectivity index (χ2n) is 8.09. The highest BCUT2D eigenvalue weighted by Crippen LogP contribution is 2.31. The number of benzene rings is 1. The van der Waals surface area contributed by atoms with Crippen LogP contribution in [0.2, 0.25) is 0 Å². The summed E-state index contributed by atoms with van der Waals surface area (Å²) in [5.74, 6) is -0.480. The first-order valence-corrected chi connectivity index (χ1v) is 10.2. The zero-order valence-corrected chi connectivity index (χ0v) is 18.2. The van der Waals surface area contributed by atoms with Gasteiger partial charge in [-0.2, -0.15) is 0 Å². The fourth-order valence-electron chi connectivity index (χ4n) is 3.23. The summed E-state index contributed by atoms with van der Waals surface area (Å²) in [5, 5.41) is 9.85. The lowest BCUT2D eigenvalue weighted by Gasteiger charge is -2.36. The van der Waals surface area contributed by atoms with E-state index in [4.69, 9.17) is 27.9 Å². The van der Waals surface area contributed by atoms with Crippen LogP contribution in [0, 0.1) is 0 Å². The molecule has 1 unspecified atom stereocenters. The normalized spacial score (nSPS) is 20.6. The number of nitrogens with zero attached hydrogens (tertiary/aromatic N) is 3. The molecule has 1 aromatic rings. The summed E-state index contributed by atoms with van der Waals surface area (Å²) in [6.45, 7) is 8.37. The van der Waals surface area contributed by atoms with Crippen molar-refractivity contribution in [3.8, 4) is 0 Å². The topological polar surface area (TPSA) is 73.3 Å². The van der Waals surface area contributed by atoms with Crippen LogP contribution in [0.5, 0.6) is 0 Å². The molecule has 7 nitrogen and oxygen atoms in total. The van der Waals surface area contributed by atoms with Gasteiger partial charge in [0, 0.05) is 38.4 Å². The molecular formula is C20H25Cl2N3O4. The Morgan fingerprint density at radius 1 is 1.14 bits per heavy atom. The van der Waals surface area contributed by atoms with Gasteiger partial charge < -0.3 is 24.5 Å². The maximum Gasteiger partial charge on any atom is 0.410 e. The van der Waals surface area contributed by atoms with E-state index in [-0.39, 0.29) is 22.7 Å². The molecular weight excluding hydrogens is 417 g/mol. The van der Waals surface area contributed by atoms with E-state index in [1.54, 1.807) is 4.90 Å². The number of aliphatic hydroxyl groups excluding tert-OH is 1. The van der Waals surface area contributed by atoms with Crippen molar-refractivity contribution in [2.75, 3.05) is 31.1 Å². The van der Waals surface area contributed by atoms with Gasteiger partial charge in [0.15, 0.2) is 6.23 Å². The number of aliphatic hydroxyl groups is 1. The molecule has 1 saturated heterocycles. The van der Waals surface area contributed by atoms with Crippen molar-refractivity contribution in [1.82, 2.24) is 9.80 Å². The molecule has 2 aliphatic heterocycles. The van der Waals surface area contributed by atoms with E-state index in [9.17, 15) is 14.7 Å². The standard InChI is InChI=1S/C20H25Cl2N3O4/c1-20(2,3)29-19(28)24-10-8-23(9-11-24)14-6-4-13(5-7-14)12-25-17(26)15(21)16(22)18(25)27/h4-7,17,26H,8-12H2,1-3H3. The van der Waals surface area contributed by atoms with E-state index in [1.807, 2.05) is 45.0 Å². The molecule has 0 aliphatic carbocycles. The molecule has 1 fully saturated rings. The van der Waals surface area contributed by atoms with Crippen molar-refractivity contribution in [2.45, 2.75) is 39.1 Å². The third kappa shape index (κ3) is 4.97. The number of ether oxygens (including phenoxy) is 1. The number of piperazine rings is 1. The predicted octanol–water partition coefficient (Wildman–Crippen LogP) is 3.09. The van der Waals surface area contributed by atoms with Gasteiger partial charge in [-0.3, -0.25) is 4.79 Å². The quantitative estimate of drug-likeness (QED) is 0.779. The van der Waals surface area contributed by atoms with Gasteiger partial charge in [0.25, 0.3) is 5.91 Å². The minimum absolute atomic E-state index is 0.0452. The molecule has 158 valence electrons. The first-order chi connectivity index (χ1) is 13.6. The van der Waals surface area contributed by atoms with Gasteiger partial charge in [-0.25, -0.2) is 4.79 Å². The number of hydrogen-bond donors (Lipinski definition) is 1. The third-order valence-electron chi connectivity index (χ3n) is 4.77. The first-order valence-electron chi connectivity index (χ1n) is 9.43. The van der Waals surface area contributed by atoms with Gasteiger partial charge in [-0.15, -0.1) is 0 Å². The number of rotatable bonds is 3. The average Bonchev–Trinajstić information content (AvgIpc) is 2.85. The van der Waals surface area contributed by atoms with Crippen molar-refractivity contribution in [2.24, 2.45) is 0 Å². The molecule has 1 N–H and O–H groups in total. The van der Waals surface area contributed by atoms with E-state index in [0.29, 0.717) is 26.2 Å². The number of hydrogen-bond acceptors (Lipinski definition) is 5. The van der Waals surface area contributed by atoms with Crippen molar-refractivity contribution in [1.29, 1.82) is 0 Å². The Balaban J connectivity index is 1.55. The predicted molar refractivity (Wildman–Crippen MR) is 112 cm³/mol. The van der Waals surface area contributed by atoms with Crippen molar-refractivity contribution >= 4 is 40.9 Å². The number of carbonyl (C=O) groups is 2. The molecule has 9 heteroatoms. The minimum Gasteiger partial charge on any atom is -0.444 e. The van der Waals surface area contributed by atoms with Gasteiger partial charge in [-0.05, 0) is 38.5 Å². The number of anilines is 1.